The van der Waals surface area contributed by atoms with Gasteiger partial charge in [0.1, 0.15) is 5.82 Å². The highest BCUT2D eigenvalue weighted by atomic mass is 19.1. The summed E-state index contributed by atoms with van der Waals surface area (Å²) in [5, 5.41) is 0. The average Bonchev–Trinajstić information content (AvgIpc) is 2.50. The maximum absolute atomic E-state index is 13.2. The fourth-order valence-corrected chi connectivity index (χ4v) is 3.37. The van der Waals surface area contributed by atoms with Crippen LogP contribution in [0.15, 0.2) is 24.3 Å². The molecule has 1 aromatic rings. The Hall–Kier alpha value is -0.970. The number of rotatable bonds is 4. The number of morpholine rings is 1. The van der Waals surface area contributed by atoms with E-state index in [9.17, 15) is 4.39 Å². The molecule has 0 unspecified atom stereocenters. The van der Waals surface area contributed by atoms with Crippen molar-refractivity contribution in [2.45, 2.75) is 19.4 Å². The van der Waals surface area contributed by atoms with E-state index in [-0.39, 0.29) is 5.82 Å². The molecular formula is C17H25FN2O. The van der Waals surface area contributed by atoms with Crippen LogP contribution >= 0.6 is 0 Å². The fraction of sp³-hybridized carbons (Fsp3) is 0.647. The third-order valence-corrected chi connectivity index (χ3v) is 4.62. The minimum absolute atomic E-state index is 0.130. The van der Waals surface area contributed by atoms with Gasteiger partial charge in [-0.2, -0.15) is 0 Å². The lowest BCUT2D eigenvalue weighted by molar-refractivity contribution is 0.0242. The molecule has 0 saturated carbocycles. The molecule has 0 radical (unpaired) electrons. The van der Waals surface area contributed by atoms with Gasteiger partial charge in [-0.3, -0.25) is 9.80 Å². The molecule has 0 atom stereocenters. The number of likely N-dealkylation sites (tertiary alicyclic amines) is 1. The minimum Gasteiger partial charge on any atom is -0.379 e. The van der Waals surface area contributed by atoms with Gasteiger partial charge in [-0.25, -0.2) is 4.39 Å². The summed E-state index contributed by atoms with van der Waals surface area (Å²) in [5.41, 5.74) is 1.08. The zero-order chi connectivity index (χ0) is 14.5. The lowest BCUT2D eigenvalue weighted by atomic mass is 9.95. The van der Waals surface area contributed by atoms with Crippen molar-refractivity contribution >= 4 is 0 Å². The molecule has 0 aromatic heterocycles. The van der Waals surface area contributed by atoms with E-state index in [0.29, 0.717) is 0 Å². The van der Waals surface area contributed by atoms with Gasteiger partial charge < -0.3 is 4.74 Å². The van der Waals surface area contributed by atoms with Gasteiger partial charge >= 0.3 is 0 Å². The molecule has 116 valence electrons. The van der Waals surface area contributed by atoms with Crippen LogP contribution in [0.3, 0.4) is 0 Å². The molecule has 3 nitrogen and oxygen atoms in total. The third kappa shape index (κ3) is 4.50. The van der Waals surface area contributed by atoms with Gasteiger partial charge in [-0.1, -0.05) is 12.1 Å². The largest absolute Gasteiger partial charge is 0.379 e. The normalized spacial score (nSPS) is 22.5. The highest BCUT2D eigenvalue weighted by molar-refractivity contribution is 5.16. The Bertz CT molecular complexity index is 440. The molecule has 0 aliphatic carbocycles. The van der Waals surface area contributed by atoms with E-state index in [0.717, 1.165) is 57.4 Å². The van der Waals surface area contributed by atoms with Crippen molar-refractivity contribution in [1.82, 2.24) is 9.80 Å². The van der Waals surface area contributed by atoms with Gasteiger partial charge in [0.2, 0.25) is 0 Å². The molecule has 1 aromatic carbocycles. The lowest BCUT2D eigenvalue weighted by Gasteiger charge is -2.36. The SMILES string of the molecule is Fc1cccc(CN2CCC(CN3CCOCC3)CC2)c1. The molecule has 2 heterocycles. The van der Waals surface area contributed by atoms with Crippen molar-refractivity contribution < 1.29 is 9.13 Å². The van der Waals surface area contributed by atoms with Crippen LogP contribution in [-0.4, -0.2) is 55.7 Å². The Morgan fingerprint density at radius 3 is 2.52 bits per heavy atom. The van der Waals surface area contributed by atoms with Crippen LogP contribution in [0.1, 0.15) is 18.4 Å². The van der Waals surface area contributed by atoms with Crippen LogP contribution in [0.5, 0.6) is 0 Å². The maximum atomic E-state index is 13.2. The number of halogens is 1. The van der Waals surface area contributed by atoms with E-state index in [2.05, 4.69) is 9.80 Å². The summed E-state index contributed by atoms with van der Waals surface area (Å²) in [7, 11) is 0. The number of nitrogens with zero attached hydrogens (tertiary/aromatic N) is 2. The van der Waals surface area contributed by atoms with Crippen LogP contribution in [-0.2, 0) is 11.3 Å². The van der Waals surface area contributed by atoms with Crippen LogP contribution in [0.4, 0.5) is 4.39 Å². The molecular weight excluding hydrogens is 267 g/mol. The van der Waals surface area contributed by atoms with Gasteiger partial charge in [0.05, 0.1) is 13.2 Å². The standard InChI is InChI=1S/C17H25FN2O/c18-17-3-1-2-16(12-17)14-19-6-4-15(5-7-19)13-20-8-10-21-11-9-20/h1-3,12,15H,4-11,13-14H2. The van der Waals surface area contributed by atoms with E-state index in [4.69, 9.17) is 4.74 Å². The molecule has 0 bridgehead atoms. The highest BCUT2D eigenvalue weighted by Gasteiger charge is 2.22. The molecule has 2 aliphatic rings. The van der Waals surface area contributed by atoms with E-state index < -0.39 is 0 Å². The van der Waals surface area contributed by atoms with Crippen molar-refractivity contribution in [1.29, 1.82) is 0 Å². The van der Waals surface area contributed by atoms with Crippen molar-refractivity contribution in [3.05, 3.63) is 35.6 Å². The highest BCUT2D eigenvalue weighted by Crippen LogP contribution is 2.20. The second-order valence-electron chi connectivity index (χ2n) is 6.26. The maximum Gasteiger partial charge on any atom is 0.123 e. The van der Waals surface area contributed by atoms with Crippen molar-refractivity contribution in [2.75, 3.05) is 45.9 Å². The Morgan fingerprint density at radius 2 is 1.81 bits per heavy atom. The van der Waals surface area contributed by atoms with Gasteiger partial charge in [0.25, 0.3) is 0 Å². The average molecular weight is 292 g/mol. The topological polar surface area (TPSA) is 15.7 Å². The summed E-state index contributed by atoms with van der Waals surface area (Å²) in [4.78, 5) is 4.99. The Kier molecular flexibility index (Phi) is 5.22. The van der Waals surface area contributed by atoms with Crippen molar-refractivity contribution in [3.63, 3.8) is 0 Å². The summed E-state index contributed by atoms with van der Waals surface area (Å²) in [6.45, 7) is 8.31. The summed E-state index contributed by atoms with van der Waals surface area (Å²) < 4.78 is 18.6. The first-order chi connectivity index (χ1) is 10.3. The lowest BCUT2D eigenvalue weighted by Crippen LogP contribution is -2.42. The van der Waals surface area contributed by atoms with E-state index in [1.165, 1.54) is 25.5 Å². The first kappa shape index (κ1) is 14.9. The Labute approximate surface area is 126 Å². The Morgan fingerprint density at radius 1 is 1.05 bits per heavy atom. The predicted octanol–water partition coefficient (Wildman–Crippen LogP) is 2.37. The molecule has 0 N–H and O–H groups in total. The number of piperidine rings is 1. The summed E-state index contributed by atoms with van der Waals surface area (Å²) >= 11 is 0. The predicted molar refractivity (Wildman–Crippen MR) is 81.7 cm³/mol. The molecule has 2 fully saturated rings. The minimum atomic E-state index is -0.130. The summed E-state index contributed by atoms with van der Waals surface area (Å²) in [6.07, 6.45) is 2.51. The van der Waals surface area contributed by atoms with Crippen LogP contribution in [0.25, 0.3) is 0 Å². The van der Waals surface area contributed by atoms with Crippen molar-refractivity contribution in [3.8, 4) is 0 Å². The molecule has 4 heteroatoms. The molecule has 0 amide bonds. The van der Waals surface area contributed by atoms with E-state index in [1.54, 1.807) is 12.1 Å². The van der Waals surface area contributed by atoms with Gasteiger partial charge in [-0.15, -0.1) is 0 Å². The first-order valence-corrected chi connectivity index (χ1v) is 8.06. The number of hydrogen-bond donors (Lipinski definition) is 0. The number of ether oxygens (including phenoxy) is 1. The summed E-state index contributed by atoms with van der Waals surface area (Å²) in [5.74, 6) is 0.682. The molecule has 21 heavy (non-hydrogen) atoms. The van der Waals surface area contributed by atoms with Crippen LogP contribution in [0.2, 0.25) is 0 Å². The number of hydrogen-bond acceptors (Lipinski definition) is 3. The zero-order valence-electron chi connectivity index (χ0n) is 12.6. The van der Waals surface area contributed by atoms with E-state index in [1.807, 2.05) is 6.07 Å². The molecule has 0 spiro atoms. The zero-order valence-corrected chi connectivity index (χ0v) is 12.6. The van der Waals surface area contributed by atoms with Crippen LogP contribution < -0.4 is 0 Å². The molecule has 2 saturated heterocycles. The number of benzene rings is 1. The third-order valence-electron chi connectivity index (χ3n) is 4.62. The monoisotopic (exact) mass is 292 g/mol. The van der Waals surface area contributed by atoms with E-state index >= 15 is 0 Å². The van der Waals surface area contributed by atoms with Gasteiger partial charge in [-0.05, 0) is 49.5 Å². The fourth-order valence-electron chi connectivity index (χ4n) is 3.37. The van der Waals surface area contributed by atoms with Crippen molar-refractivity contribution in [2.24, 2.45) is 5.92 Å². The first-order valence-electron chi connectivity index (χ1n) is 8.06. The molecule has 2 aliphatic heterocycles. The van der Waals surface area contributed by atoms with Gasteiger partial charge in [0.15, 0.2) is 0 Å². The summed E-state index contributed by atoms with van der Waals surface area (Å²) in [6, 6.07) is 6.98. The Balaban J connectivity index is 1.42. The second kappa shape index (κ2) is 7.34. The second-order valence-corrected chi connectivity index (χ2v) is 6.26. The van der Waals surface area contributed by atoms with Gasteiger partial charge in [0, 0.05) is 26.2 Å². The van der Waals surface area contributed by atoms with Crippen LogP contribution in [0, 0.1) is 11.7 Å². The molecule has 3 rings (SSSR count). The smallest absolute Gasteiger partial charge is 0.123 e. The quantitative estimate of drug-likeness (QED) is 0.847.